The second-order valence-electron chi connectivity index (χ2n) is 2.21. The van der Waals surface area contributed by atoms with Crippen LogP contribution >= 0.6 is 0 Å². The summed E-state index contributed by atoms with van der Waals surface area (Å²) in [6, 6.07) is -0.609. The van der Waals surface area contributed by atoms with Gasteiger partial charge in [0, 0.05) is 12.4 Å². The molecule has 2 N–H and O–H groups in total. The van der Waals surface area contributed by atoms with Gasteiger partial charge in [-0.05, 0) is 0 Å². The van der Waals surface area contributed by atoms with Crippen LogP contribution in [-0.2, 0) is 4.74 Å². The lowest BCUT2D eigenvalue weighted by atomic mass is 9.95. The van der Waals surface area contributed by atoms with Gasteiger partial charge in [-0.25, -0.2) is 0 Å². The van der Waals surface area contributed by atoms with Crippen molar-refractivity contribution in [2.45, 2.75) is 24.6 Å². The Kier molecular flexibility index (Phi) is 2.11. The van der Waals surface area contributed by atoms with E-state index in [1.165, 1.54) is 0 Å². The quantitative estimate of drug-likeness (QED) is 0.428. The normalized spacial score (nSPS) is 43.6. The summed E-state index contributed by atoms with van der Waals surface area (Å²) < 4.78 is 4.90. The fourth-order valence-electron chi connectivity index (χ4n) is 0.890. The third kappa shape index (κ3) is 1.44. The molecule has 4 heteroatoms. The molecule has 3 nitrogen and oxygen atoms in total. The first-order valence-electron chi connectivity index (χ1n) is 2.94. The van der Waals surface area contributed by atoms with E-state index < -0.39 is 12.1 Å². The number of hydrogen-bond acceptors (Lipinski definition) is 3. The van der Waals surface area contributed by atoms with Crippen LogP contribution in [0.1, 0.15) is 6.42 Å². The number of rotatable bonds is 1. The second-order valence-corrected chi connectivity index (χ2v) is 2.21. The molecule has 0 aromatic carbocycles. The highest BCUT2D eigenvalue weighted by atomic mass is 16.5. The van der Waals surface area contributed by atoms with Gasteiger partial charge in [-0.2, -0.15) is 0 Å². The van der Waals surface area contributed by atoms with Gasteiger partial charge in [0.15, 0.2) is 0 Å². The summed E-state index contributed by atoms with van der Waals surface area (Å²) in [5.74, 6) is 0. The first-order valence-corrected chi connectivity index (χ1v) is 2.94. The molecule has 1 saturated heterocycles. The fraction of sp³-hybridized carbons (Fsp3) is 1.00. The summed E-state index contributed by atoms with van der Waals surface area (Å²) >= 11 is 0. The lowest BCUT2D eigenvalue weighted by Crippen LogP contribution is -2.20. The lowest BCUT2D eigenvalue weighted by molar-refractivity contribution is 0.0307. The van der Waals surface area contributed by atoms with Crippen molar-refractivity contribution >= 4 is 7.85 Å². The summed E-state index contributed by atoms with van der Waals surface area (Å²) in [5.41, 5.74) is 0. The Bertz CT molecular complexity index is 88.2. The van der Waals surface area contributed by atoms with E-state index >= 15 is 0 Å². The van der Waals surface area contributed by atoms with Crippen molar-refractivity contribution in [2.75, 3.05) is 6.61 Å². The van der Waals surface area contributed by atoms with Crippen LogP contribution in [0.15, 0.2) is 0 Å². The van der Waals surface area contributed by atoms with Gasteiger partial charge in [0.1, 0.15) is 7.85 Å². The van der Waals surface area contributed by atoms with Crippen LogP contribution in [0, 0.1) is 0 Å². The molecule has 1 fully saturated rings. The average molecular weight is 128 g/mol. The highest BCUT2D eigenvalue weighted by Crippen LogP contribution is 2.16. The topological polar surface area (TPSA) is 49.7 Å². The molecule has 0 amide bonds. The SMILES string of the molecule is [B]C1O[C@H](CO)C[C@H]1O. The smallest absolute Gasteiger partial charge is 0.112 e. The van der Waals surface area contributed by atoms with E-state index in [0.29, 0.717) is 6.42 Å². The summed E-state index contributed by atoms with van der Waals surface area (Å²) in [6.07, 6.45) is -0.436. The molecular formula is C5H9BO3. The van der Waals surface area contributed by atoms with Crippen LogP contribution in [-0.4, -0.2) is 42.9 Å². The maximum atomic E-state index is 8.94. The molecule has 1 rings (SSSR count). The van der Waals surface area contributed by atoms with E-state index in [-0.39, 0.29) is 12.7 Å². The van der Waals surface area contributed by atoms with Crippen molar-refractivity contribution in [3.63, 3.8) is 0 Å². The van der Waals surface area contributed by atoms with Gasteiger partial charge in [-0.15, -0.1) is 0 Å². The second kappa shape index (κ2) is 2.69. The highest BCUT2D eigenvalue weighted by molar-refractivity contribution is 6.11. The van der Waals surface area contributed by atoms with E-state index in [4.69, 9.17) is 22.8 Å². The Balaban J connectivity index is 2.35. The molecule has 1 aliphatic rings. The molecule has 0 aliphatic carbocycles. The first kappa shape index (κ1) is 7.06. The molecule has 0 aromatic heterocycles. The summed E-state index contributed by atoms with van der Waals surface area (Å²) in [6.45, 7) is -0.0647. The van der Waals surface area contributed by atoms with Gasteiger partial charge in [-0.1, -0.05) is 0 Å². The Morgan fingerprint density at radius 2 is 2.33 bits per heavy atom. The van der Waals surface area contributed by atoms with E-state index in [0.717, 1.165) is 0 Å². The van der Waals surface area contributed by atoms with E-state index in [2.05, 4.69) is 0 Å². The molecule has 0 aromatic rings. The largest absolute Gasteiger partial charge is 0.394 e. The molecule has 1 aliphatic heterocycles. The standard InChI is InChI=1S/C5H9BO3/c6-5-4(8)1-3(2-7)9-5/h3-5,7-8H,1-2H2/t3-,4+,5?/m0/s1. The van der Waals surface area contributed by atoms with Crippen LogP contribution in [0.3, 0.4) is 0 Å². The van der Waals surface area contributed by atoms with Crippen molar-refractivity contribution in [1.82, 2.24) is 0 Å². The Hall–Kier alpha value is -0.0551. The summed E-state index contributed by atoms with van der Waals surface area (Å²) in [5, 5.41) is 17.4. The van der Waals surface area contributed by atoms with Gasteiger partial charge >= 0.3 is 0 Å². The van der Waals surface area contributed by atoms with E-state index in [9.17, 15) is 0 Å². The predicted octanol–water partition coefficient (Wildman–Crippen LogP) is -1.38. The lowest BCUT2D eigenvalue weighted by Gasteiger charge is -2.06. The van der Waals surface area contributed by atoms with Crippen molar-refractivity contribution in [1.29, 1.82) is 0 Å². The van der Waals surface area contributed by atoms with Crippen LogP contribution < -0.4 is 0 Å². The Morgan fingerprint density at radius 3 is 2.56 bits per heavy atom. The summed E-state index contributed by atoms with van der Waals surface area (Å²) in [7, 11) is 5.26. The van der Waals surface area contributed by atoms with Gasteiger partial charge in [0.2, 0.25) is 0 Å². The van der Waals surface area contributed by atoms with Gasteiger partial charge in [-0.3, -0.25) is 0 Å². The van der Waals surface area contributed by atoms with Crippen LogP contribution in [0.4, 0.5) is 0 Å². The monoisotopic (exact) mass is 128 g/mol. The molecule has 1 unspecified atom stereocenters. The van der Waals surface area contributed by atoms with E-state index in [1.807, 2.05) is 0 Å². The number of ether oxygens (including phenoxy) is 1. The average Bonchev–Trinajstić information content (AvgIpc) is 2.13. The number of hydrogen-bond donors (Lipinski definition) is 2. The molecule has 0 bridgehead atoms. The molecule has 0 saturated carbocycles. The minimum absolute atomic E-state index is 0.0647. The van der Waals surface area contributed by atoms with Crippen molar-refractivity contribution in [2.24, 2.45) is 0 Å². The van der Waals surface area contributed by atoms with Crippen LogP contribution in [0.2, 0.25) is 0 Å². The fourth-order valence-corrected chi connectivity index (χ4v) is 0.890. The minimum Gasteiger partial charge on any atom is -0.394 e. The predicted molar refractivity (Wildman–Crippen MR) is 32.1 cm³/mol. The molecule has 9 heavy (non-hydrogen) atoms. The molecule has 50 valence electrons. The van der Waals surface area contributed by atoms with E-state index in [1.54, 1.807) is 0 Å². The zero-order valence-electron chi connectivity index (χ0n) is 5.03. The Morgan fingerprint density at radius 1 is 1.67 bits per heavy atom. The Labute approximate surface area is 55.0 Å². The van der Waals surface area contributed by atoms with Crippen molar-refractivity contribution < 1.29 is 14.9 Å². The maximum absolute atomic E-state index is 8.94. The molecular weight excluding hydrogens is 119 g/mol. The minimum atomic E-state index is -0.609. The van der Waals surface area contributed by atoms with Crippen LogP contribution in [0.5, 0.6) is 0 Å². The van der Waals surface area contributed by atoms with Gasteiger partial charge in [0.05, 0.1) is 18.8 Å². The number of aliphatic hydroxyl groups is 2. The van der Waals surface area contributed by atoms with Gasteiger partial charge < -0.3 is 14.9 Å². The van der Waals surface area contributed by atoms with Crippen molar-refractivity contribution in [3.05, 3.63) is 0 Å². The summed E-state index contributed by atoms with van der Waals surface area (Å²) in [4.78, 5) is 0. The number of aliphatic hydroxyl groups excluding tert-OH is 2. The molecule has 1 heterocycles. The zero-order valence-corrected chi connectivity index (χ0v) is 5.03. The van der Waals surface area contributed by atoms with Crippen LogP contribution in [0.25, 0.3) is 0 Å². The van der Waals surface area contributed by atoms with Gasteiger partial charge in [0.25, 0.3) is 0 Å². The maximum Gasteiger partial charge on any atom is 0.112 e. The zero-order chi connectivity index (χ0) is 6.85. The molecule has 2 radical (unpaired) electrons. The third-order valence-electron chi connectivity index (χ3n) is 1.44. The first-order chi connectivity index (χ1) is 4.24. The third-order valence-corrected chi connectivity index (χ3v) is 1.44. The molecule has 0 spiro atoms. The van der Waals surface area contributed by atoms with Crippen molar-refractivity contribution in [3.8, 4) is 0 Å². The highest BCUT2D eigenvalue weighted by Gasteiger charge is 2.28. The molecule has 3 atom stereocenters.